The topological polar surface area (TPSA) is 49.3 Å². The van der Waals surface area contributed by atoms with Crippen molar-refractivity contribution >= 4 is 5.97 Å². The molecule has 86 valence electrons. The van der Waals surface area contributed by atoms with Crippen LogP contribution in [0, 0.1) is 0 Å². The second-order valence-electron chi connectivity index (χ2n) is 4.75. The lowest BCUT2D eigenvalue weighted by atomic mass is 9.81. The van der Waals surface area contributed by atoms with Gasteiger partial charge in [-0.05, 0) is 25.8 Å². The minimum atomic E-state index is -0.846. The highest BCUT2D eigenvalue weighted by Gasteiger charge is 2.48. The van der Waals surface area contributed by atoms with E-state index in [9.17, 15) is 9.90 Å². The van der Waals surface area contributed by atoms with Crippen molar-refractivity contribution in [2.75, 3.05) is 0 Å². The monoisotopic (exact) mass is 219 g/mol. The molecule has 1 saturated heterocycles. The Labute approximate surface area is 95.5 Å². The number of carbonyl (C=O) groups is 1. The van der Waals surface area contributed by atoms with Gasteiger partial charge in [-0.2, -0.15) is 0 Å². The zero-order valence-electron chi connectivity index (χ0n) is 9.60. The number of carboxylic acid groups (broad SMARTS) is 1. The van der Waals surface area contributed by atoms with Gasteiger partial charge in [-0.15, -0.1) is 0 Å². The number of aliphatic carboxylic acids is 1. The fourth-order valence-corrected chi connectivity index (χ4v) is 2.63. The molecular formula is C13H17NO2. The van der Waals surface area contributed by atoms with E-state index < -0.39 is 11.5 Å². The summed E-state index contributed by atoms with van der Waals surface area (Å²) >= 11 is 0. The van der Waals surface area contributed by atoms with Gasteiger partial charge in [0.2, 0.25) is 0 Å². The van der Waals surface area contributed by atoms with Gasteiger partial charge in [-0.1, -0.05) is 30.3 Å². The van der Waals surface area contributed by atoms with Crippen LogP contribution in [0.1, 0.15) is 31.7 Å². The van der Waals surface area contributed by atoms with Crippen molar-refractivity contribution in [1.29, 1.82) is 0 Å². The fraction of sp³-hybridized carbons (Fsp3) is 0.462. The molecule has 1 aliphatic heterocycles. The molecule has 1 aromatic carbocycles. The highest BCUT2D eigenvalue weighted by atomic mass is 16.4. The SMILES string of the molecule is CC1CC(c2ccccc2)C(C)(C(=O)O)N1. The quantitative estimate of drug-likeness (QED) is 0.799. The average Bonchev–Trinajstić information content (AvgIpc) is 2.57. The molecule has 3 unspecified atom stereocenters. The van der Waals surface area contributed by atoms with Crippen LogP contribution in [-0.2, 0) is 4.79 Å². The lowest BCUT2D eigenvalue weighted by Crippen LogP contribution is -2.49. The lowest BCUT2D eigenvalue weighted by molar-refractivity contribution is -0.144. The predicted molar refractivity (Wildman–Crippen MR) is 62.4 cm³/mol. The number of nitrogens with one attached hydrogen (secondary N) is 1. The summed E-state index contributed by atoms with van der Waals surface area (Å²) in [6, 6.07) is 10.1. The molecule has 0 saturated carbocycles. The number of rotatable bonds is 2. The molecular weight excluding hydrogens is 202 g/mol. The van der Waals surface area contributed by atoms with E-state index in [-0.39, 0.29) is 12.0 Å². The molecule has 16 heavy (non-hydrogen) atoms. The molecule has 0 radical (unpaired) electrons. The van der Waals surface area contributed by atoms with E-state index in [0.29, 0.717) is 0 Å². The van der Waals surface area contributed by atoms with E-state index in [0.717, 1.165) is 12.0 Å². The van der Waals surface area contributed by atoms with E-state index in [1.54, 1.807) is 6.92 Å². The summed E-state index contributed by atoms with van der Waals surface area (Å²) in [6.07, 6.45) is 0.868. The third-order valence-electron chi connectivity index (χ3n) is 3.48. The first-order valence-electron chi connectivity index (χ1n) is 5.60. The van der Waals surface area contributed by atoms with Crippen LogP contribution in [0.2, 0.25) is 0 Å². The van der Waals surface area contributed by atoms with Gasteiger partial charge in [0, 0.05) is 12.0 Å². The van der Waals surface area contributed by atoms with Crippen molar-refractivity contribution in [3.05, 3.63) is 35.9 Å². The maximum atomic E-state index is 11.4. The summed E-state index contributed by atoms with van der Waals surface area (Å²) < 4.78 is 0. The van der Waals surface area contributed by atoms with Crippen molar-refractivity contribution in [2.24, 2.45) is 0 Å². The first-order valence-corrected chi connectivity index (χ1v) is 5.60. The van der Waals surface area contributed by atoms with Gasteiger partial charge in [0.05, 0.1) is 0 Å². The van der Waals surface area contributed by atoms with Gasteiger partial charge in [-0.3, -0.25) is 10.1 Å². The molecule has 0 bridgehead atoms. The molecule has 2 rings (SSSR count). The maximum absolute atomic E-state index is 11.4. The zero-order valence-corrected chi connectivity index (χ0v) is 9.60. The summed E-state index contributed by atoms with van der Waals surface area (Å²) in [5.41, 5.74) is 0.255. The second kappa shape index (κ2) is 3.91. The average molecular weight is 219 g/mol. The molecule has 1 fully saturated rings. The van der Waals surface area contributed by atoms with Crippen molar-refractivity contribution in [1.82, 2.24) is 5.32 Å². The lowest BCUT2D eigenvalue weighted by Gasteiger charge is -2.27. The van der Waals surface area contributed by atoms with Crippen LogP contribution in [0.5, 0.6) is 0 Å². The number of carboxylic acids is 1. The molecule has 0 aromatic heterocycles. The van der Waals surface area contributed by atoms with Crippen LogP contribution in [-0.4, -0.2) is 22.7 Å². The Bertz CT molecular complexity index is 390. The van der Waals surface area contributed by atoms with E-state index in [4.69, 9.17) is 0 Å². The summed E-state index contributed by atoms with van der Waals surface area (Å²) in [5, 5.41) is 12.5. The molecule has 0 amide bonds. The van der Waals surface area contributed by atoms with Crippen LogP contribution in [0.3, 0.4) is 0 Å². The summed E-state index contributed by atoms with van der Waals surface area (Å²) in [6.45, 7) is 3.81. The molecule has 0 aliphatic carbocycles. The third-order valence-corrected chi connectivity index (χ3v) is 3.48. The standard InChI is InChI=1S/C13H17NO2/c1-9-8-11(10-6-4-3-5-7-10)13(2,14-9)12(15)16/h3-7,9,11,14H,8H2,1-2H3,(H,15,16). The van der Waals surface area contributed by atoms with Crippen LogP contribution in [0.4, 0.5) is 0 Å². The number of hydrogen-bond acceptors (Lipinski definition) is 2. The number of hydrogen-bond donors (Lipinski definition) is 2. The van der Waals surface area contributed by atoms with Crippen molar-refractivity contribution < 1.29 is 9.90 Å². The molecule has 3 atom stereocenters. The first-order chi connectivity index (χ1) is 7.54. The number of benzene rings is 1. The Balaban J connectivity index is 2.37. The second-order valence-corrected chi connectivity index (χ2v) is 4.75. The maximum Gasteiger partial charge on any atom is 0.324 e. The van der Waals surface area contributed by atoms with Crippen LogP contribution in [0.15, 0.2) is 30.3 Å². The molecule has 1 aliphatic rings. The highest BCUT2D eigenvalue weighted by Crippen LogP contribution is 2.38. The predicted octanol–water partition coefficient (Wildman–Crippen LogP) is 2.00. The van der Waals surface area contributed by atoms with Gasteiger partial charge >= 0.3 is 5.97 Å². The van der Waals surface area contributed by atoms with E-state index in [1.807, 2.05) is 37.3 Å². The first kappa shape index (κ1) is 11.1. The highest BCUT2D eigenvalue weighted by molar-refractivity contribution is 5.80. The van der Waals surface area contributed by atoms with Gasteiger partial charge in [0.15, 0.2) is 0 Å². The fourth-order valence-electron chi connectivity index (χ4n) is 2.63. The smallest absolute Gasteiger partial charge is 0.324 e. The van der Waals surface area contributed by atoms with Gasteiger partial charge in [0.1, 0.15) is 5.54 Å². The Morgan fingerprint density at radius 3 is 2.62 bits per heavy atom. The largest absolute Gasteiger partial charge is 0.480 e. The van der Waals surface area contributed by atoms with Gasteiger partial charge < -0.3 is 5.11 Å². The normalized spacial score (nSPS) is 33.9. The van der Waals surface area contributed by atoms with Crippen molar-refractivity contribution in [3.63, 3.8) is 0 Å². The van der Waals surface area contributed by atoms with Crippen LogP contribution in [0.25, 0.3) is 0 Å². The summed E-state index contributed by atoms with van der Waals surface area (Å²) in [4.78, 5) is 11.4. The van der Waals surface area contributed by atoms with Crippen molar-refractivity contribution in [2.45, 2.75) is 37.8 Å². The third kappa shape index (κ3) is 1.71. The molecule has 3 nitrogen and oxygen atoms in total. The molecule has 1 aromatic rings. The van der Waals surface area contributed by atoms with Gasteiger partial charge in [-0.25, -0.2) is 0 Å². The zero-order chi connectivity index (χ0) is 11.8. The van der Waals surface area contributed by atoms with Crippen molar-refractivity contribution in [3.8, 4) is 0 Å². The minimum absolute atomic E-state index is 0.0428. The molecule has 2 N–H and O–H groups in total. The van der Waals surface area contributed by atoms with E-state index in [2.05, 4.69) is 5.32 Å². The van der Waals surface area contributed by atoms with E-state index in [1.165, 1.54) is 0 Å². The Hall–Kier alpha value is -1.35. The summed E-state index contributed by atoms with van der Waals surface area (Å²) in [7, 11) is 0. The van der Waals surface area contributed by atoms with Crippen LogP contribution < -0.4 is 5.32 Å². The summed E-state index contributed by atoms with van der Waals surface area (Å²) in [5.74, 6) is -0.730. The molecule has 1 heterocycles. The van der Waals surface area contributed by atoms with E-state index >= 15 is 0 Å². The Morgan fingerprint density at radius 2 is 2.06 bits per heavy atom. The Morgan fingerprint density at radius 1 is 1.44 bits per heavy atom. The van der Waals surface area contributed by atoms with Gasteiger partial charge in [0.25, 0.3) is 0 Å². The molecule has 0 spiro atoms. The Kier molecular flexibility index (Phi) is 2.72. The molecule has 3 heteroatoms. The van der Waals surface area contributed by atoms with Crippen LogP contribution >= 0.6 is 0 Å². The minimum Gasteiger partial charge on any atom is -0.480 e.